The Balaban J connectivity index is 2.35. The van der Waals surface area contributed by atoms with Crippen molar-refractivity contribution in [3.8, 4) is 0 Å². The van der Waals surface area contributed by atoms with E-state index >= 15 is 0 Å². The van der Waals surface area contributed by atoms with Crippen LogP contribution in [0.5, 0.6) is 0 Å². The Bertz CT molecular complexity index is 377. The maximum Gasteiger partial charge on any atom is 0.256 e. The van der Waals surface area contributed by atoms with Gasteiger partial charge in [-0.3, -0.25) is 9.36 Å². The Morgan fingerprint density at radius 3 is 2.85 bits per heavy atom. The Kier molecular flexibility index (Phi) is 1.94. The lowest BCUT2D eigenvalue weighted by Gasteiger charge is -2.05. The van der Waals surface area contributed by atoms with Crippen LogP contribution in [0.1, 0.15) is 24.1 Å². The number of aryl methyl sites for hydroxylation is 1. The zero-order chi connectivity index (χ0) is 9.42. The van der Waals surface area contributed by atoms with Gasteiger partial charge in [0.05, 0.1) is 6.33 Å². The molecule has 1 aromatic rings. The first-order valence-electron chi connectivity index (χ1n) is 4.71. The third kappa shape index (κ3) is 1.64. The highest BCUT2D eigenvalue weighted by Gasteiger charge is 2.22. The SMILES string of the molecule is Cc1ncn(CC2CC2)c(=O)c1C. The minimum absolute atomic E-state index is 0.124. The summed E-state index contributed by atoms with van der Waals surface area (Å²) in [6.45, 7) is 4.57. The first-order valence-corrected chi connectivity index (χ1v) is 4.71. The summed E-state index contributed by atoms with van der Waals surface area (Å²) in [4.78, 5) is 15.9. The maximum absolute atomic E-state index is 11.7. The van der Waals surface area contributed by atoms with Crippen molar-refractivity contribution >= 4 is 0 Å². The van der Waals surface area contributed by atoms with Crippen molar-refractivity contribution in [1.29, 1.82) is 0 Å². The molecule has 0 atom stereocenters. The molecule has 70 valence electrons. The first-order chi connectivity index (χ1) is 6.18. The van der Waals surface area contributed by atoms with Crippen LogP contribution >= 0.6 is 0 Å². The van der Waals surface area contributed by atoms with Gasteiger partial charge in [-0.15, -0.1) is 0 Å². The predicted octanol–water partition coefficient (Wildman–Crippen LogP) is 1.27. The summed E-state index contributed by atoms with van der Waals surface area (Å²) in [5, 5.41) is 0. The van der Waals surface area contributed by atoms with Gasteiger partial charge in [-0.25, -0.2) is 4.98 Å². The zero-order valence-corrected chi connectivity index (χ0v) is 8.08. The number of nitrogens with zero attached hydrogens (tertiary/aromatic N) is 2. The van der Waals surface area contributed by atoms with Crippen LogP contribution in [-0.4, -0.2) is 9.55 Å². The van der Waals surface area contributed by atoms with Gasteiger partial charge in [-0.2, -0.15) is 0 Å². The van der Waals surface area contributed by atoms with Crippen molar-refractivity contribution in [2.24, 2.45) is 5.92 Å². The van der Waals surface area contributed by atoms with Gasteiger partial charge in [0.2, 0.25) is 0 Å². The second-order valence-corrected chi connectivity index (χ2v) is 3.86. The molecule has 1 saturated carbocycles. The van der Waals surface area contributed by atoms with Crippen LogP contribution in [0.25, 0.3) is 0 Å². The standard InChI is InChI=1S/C10H14N2O/c1-7-8(2)11-6-12(10(7)13)5-9-3-4-9/h6,9H,3-5H2,1-2H3. The molecular weight excluding hydrogens is 164 g/mol. The van der Waals surface area contributed by atoms with Gasteiger partial charge in [-0.05, 0) is 32.6 Å². The molecule has 0 saturated heterocycles. The van der Waals surface area contributed by atoms with E-state index in [9.17, 15) is 4.79 Å². The summed E-state index contributed by atoms with van der Waals surface area (Å²) in [6.07, 6.45) is 4.20. The van der Waals surface area contributed by atoms with Crippen molar-refractivity contribution < 1.29 is 0 Å². The van der Waals surface area contributed by atoms with Gasteiger partial charge in [-0.1, -0.05) is 0 Å². The molecule has 0 unspecified atom stereocenters. The molecule has 1 aliphatic rings. The Morgan fingerprint density at radius 1 is 1.54 bits per heavy atom. The van der Waals surface area contributed by atoms with Crippen molar-refractivity contribution in [2.45, 2.75) is 33.2 Å². The summed E-state index contributed by atoms with van der Waals surface area (Å²) in [6, 6.07) is 0. The highest BCUT2D eigenvalue weighted by Crippen LogP contribution is 2.29. The van der Waals surface area contributed by atoms with Crippen LogP contribution in [0.2, 0.25) is 0 Å². The highest BCUT2D eigenvalue weighted by molar-refractivity contribution is 5.12. The lowest BCUT2D eigenvalue weighted by Crippen LogP contribution is -2.24. The zero-order valence-electron chi connectivity index (χ0n) is 8.08. The van der Waals surface area contributed by atoms with E-state index in [1.807, 2.05) is 13.8 Å². The number of rotatable bonds is 2. The van der Waals surface area contributed by atoms with Crippen molar-refractivity contribution in [1.82, 2.24) is 9.55 Å². The summed E-state index contributed by atoms with van der Waals surface area (Å²) < 4.78 is 1.74. The molecule has 0 bridgehead atoms. The molecule has 3 heteroatoms. The van der Waals surface area contributed by atoms with Crippen molar-refractivity contribution in [3.05, 3.63) is 27.9 Å². The molecule has 3 nitrogen and oxygen atoms in total. The van der Waals surface area contributed by atoms with Crippen LogP contribution in [0.3, 0.4) is 0 Å². The Morgan fingerprint density at radius 2 is 2.23 bits per heavy atom. The van der Waals surface area contributed by atoms with E-state index in [4.69, 9.17) is 0 Å². The lowest BCUT2D eigenvalue weighted by molar-refractivity contribution is 0.590. The van der Waals surface area contributed by atoms with Gasteiger partial charge in [0.1, 0.15) is 0 Å². The highest BCUT2D eigenvalue weighted by atomic mass is 16.1. The molecule has 2 rings (SSSR count). The third-order valence-corrected chi connectivity index (χ3v) is 2.67. The summed E-state index contributed by atoms with van der Waals surface area (Å²) in [7, 11) is 0. The van der Waals surface area contributed by atoms with E-state index < -0.39 is 0 Å². The van der Waals surface area contributed by atoms with Gasteiger partial charge in [0.25, 0.3) is 5.56 Å². The van der Waals surface area contributed by atoms with E-state index in [0.717, 1.165) is 23.7 Å². The molecule has 1 aromatic heterocycles. The van der Waals surface area contributed by atoms with Gasteiger partial charge < -0.3 is 0 Å². The first kappa shape index (κ1) is 8.48. The smallest absolute Gasteiger partial charge is 0.256 e. The summed E-state index contributed by atoms with van der Waals surface area (Å²) in [5.74, 6) is 0.724. The molecule has 13 heavy (non-hydrogen) atoms. The topological polar surface area (TPSA) is 34.9 Å². The minimum Gasteiger partial charge on any atom is -0.299 e. The maximum atomic E-state index is 11.7. The molecule has 0 radical (unpaired) electrons. The summed E-state index contributed by atoms with van der Waals surface area (Å²) in [5.41, 5.74) is 1.75. The van der Waals surface area contributed by atoms with E-state index in [0.29, 0.717) is 0 Å². The van der Waals surface area contributed by atoms with Crippen LogP contribution in [0.4, 0.5) is 0 Å². The fourth-order valence-electron chi connectivity index (χ4n) is 1.38. The molecule has 0 amide bonds. The van der Waals surface area contributed by atoms with Crippen molar-refractivity contribution in [2.75, 3.05) is 0 Å². The summed E-state index contributed by atoms with van der Waals surface area (Å²) >= 11 is 0. The quantitative estimate of drug-likeness (QED) is 0.683. The molecule has 1 heterocycles. The predicted molar refractivity (Wildman–Crippen MR) is 50.7 cm³/mol. The average molecular weight is 178 g/mol. The second kappa shape index (κ2) is 2.98. The molecule has 0 aliphatic heterocycles. The van der Waals surface area contributed by atoms with E-state index in [1.54, 1.807) is 10.9 Å². The Labute approximate surface area is 77.4 Å². The van der Waals surface area contributed by atoms with Gasteiger partial charge in [0, 0.05) is 17.8 Å². The number of hydrogen-bond donors (Lipinski definition) is 0. The molecule has 1 aliphatic carbocycles. The average Bonchev–Trinajstić information content (AvgIpc) is 2.90. The molecule has 0 spiro atoms. The molecule has 0 N–H and O–H groups in total. The fraction of sp³-hybridized carbons (Fsp3) is 0.600. The third-order valence-electron chi connectivity index (χ3n) is 2.67. The number of aromatic nitrogens is 2. The monoisotopic (exact) mass is 178 g/mol. The fourth-order valence-corrected chi connectivity index (χ4v) is 1.38. The van der Waals surface area contributed by atoms with E-state index in [1.165, 1.54) is 12.8 Å². The van der Waals surface area contributed by atoms with Gasteiger partial charge in [0.15, 0.2) is 0 Å². The normalized spacial score (nSPS) is 16.2. The molecule has 1 fully saturated rings. The lowest BCUT2D eigenvalue weighted by atomic mass is 10.2. The largest absolute Gasteiger partial charge is 0.299 e. The van der Waals surface area contributed by atoms with E-state index in [2.05, 4.69) is 4.98 Å². The van der Waals surface area contributed by atoms with E-state index in [-0.39, 0.29) is 5.56 Å². The van der Waals surface area contributed by atoms with Crippen LogP contribution in [-0.2, 0) is 6.54 Å². The van der Waals surface area contributed by atoms with Crippen LogP contribution in [0, 0.1) is 19.8 Å². The Hall–Kier alpha value is -1.12. The second-order valence-electron chi connectivity index (χ2n) is 3.86. The molecule has 0 aromatic carbocycles. The minimum atomic E-state index is 0.124. The van der Waals surface area contributed by atoms with Crippen LogP contribution < -0.4 is 5.56 Å². The van der Waals surface area contributed by atoms with Gasteiger partial charge >= 0.3 is 0 Å². The van der Waals surface area contributed by atoms with Crippen molar-refractivity contribution in [3.63, 3.8) is 0 Å². The molecular formula is C10H14N2O. The van der Waals surface area contributed by atoms with Crippen LogP contribution in [0.15, 0.2) is 11.1 Å². The number of hydrogen-bond acceptors (Lipinski definition) is 2.